The molecule has 4 nitrogen and oxygen atoms in total. The molecular formula is C24H28N2O2S. The third-order valence-electron chi connectivity index (χ3n) is 6.33. The van der Waals surface area contributed by atoms with Gasteiger partial charge in [0.2, 0.25) is 5.91 Å². The maximum atomic E-state index is 13.0. The van der Waals surface area contributed by atoms with E-state index in [1.165, 1.54) is 11.1 Å². The van der Waals surface area contributed by atoms with E-state index in [2.05, 4.69) is 46.7 Å². The lowest BCUT2D eigenvalue weighted by atomic mass is 9.93. The predicted octanol–water partition coefficient (Wildman–Crippen LogP) is 4.38. The molecule has 3 aliphatic rings. The van der Waals surface area contributed by atoms with Crippen LogP contribution in [0.15, 0.2) is 41.8 Å². The van der Waals surface area contributed by atoms with Crippen LogP contribution in [0.4, 0.5) is 0 Å². The number of ether oxygens (including phenoxy) is 1. The molecule has 152 valence electrons. The molecule has 2 aliphatic heterocycles. The third kappa shape index (κ3) is 4.12. The highest BCUT2D eigenvalue weighted by Crippen LogP contribution is 2.29. The summed E-state index contributed by atoms with van der Waals surface area (Å²) in [6.07, 6.45) is 8.37. The lowest BCUT2D eigenvalue weighted by Gasteiger charge is -2.27. The number of rotatable bonds is 3. The molecule has 0 radical (unpaired) electrons. The highest BCUT2D eigenvalue weighted by atomic mass is 32.1. The van der Waals surface area contributed by atoms with Crippen LogP contribution in [0, 0.1) is 5.92 Å². The first-order chi connectivity index (χ1) is 14.3. The topological polar surface area (TPSA) is 32.8 Å². The number of fused-ring (bicyclic) bond motifs is 2. The summed E-state index contributed by atoms with van der Waals surface area (Å²) in [7, 11) is 0. The van der Waals surface area contributed by atoms with Crippen molar-refractivity contribution < 1.29 is 9.53 Å². The minimum Gasteiger partial charge on any atom is -0.491 e. The SMILES string of the molecule is O=C(C1CC=CCC1)N1CCOc2ccc(CN3CCc4sccc4C3)cc2C1. The molecule has 1 aromatic carbocycles. The number of carbonyl (C=O) groups excluding carboxylic acids is 1. The van der Waals surface area contributed by atoms with Gasteiger partial charge in [0.25, 0.3) is 0 Å². The van der Waals surface area contributed by atoms with E-state index >= 15 is 0 Å². The van der Waals surface area contributed by atoms with Gasteiger partial charge in [-0.25, -0.2) is 0 Å². The van der Waals surface area contributed by atoms with Gasteiger partial charge in [0.15, 0.2) is 0 Å². The molecule has 5 rings (SSSR count). The first-order valence-electron chi connectivity index (χ1n) is 10.7. The zero-order chi connectivity index (χ0) is 19.6. The highest BCUT2D eigenvalue weighted by molar-refractivity contribution is 7.10. The predicted molar refractivity (Wildman–Crippen MR) is 116 cm³/mol. The second-order valence-corrected chi connectivity index (χ2v) is 9.36. The summed E-state index contributed by atoms with van der Waals surface area (Å²) >= 11 is 1.88. The fourth-order valence-electron chi connectivity index (χ4n) is 4.71. The highest BCUT2D eigenvalue weighted by Gasteiger charge is 2.27. The fourth-order valence-corrected chi connectivity index (χ4v) is 5.60. The first-order valence-corrected chi connectivity index (χ1v) is 11.6. The quantitative estimate of drug-likeness (QED) is 0.707. The van der Waals surface area contributed by atoms with Crippen LogP contribution < -0.4 is 4.74 Å². The van der Waals surface area contributed by atoms with E-state index in [9.17, 15) is 4.79 Å². The van der Waals surface area contributed by atoms with E-state index in [-0.39, 0.29) is 11.8 Å². The molecule has 2 aromatic rings. The van der Waals surface area contributed by atoms with Crippen LogP contribution in [-0.2, 0) is 30.8 Å². The molecule has 1 amide bonds. The molecule has 1 aromatic heterocycles. The molecule has 3 heterocycles. The van der Waals surface area contributed by atoms with Gasteiger partial charge in [-0.15, -0.1) is 11.3 Å². The van der Waals surface area contributed by atoms with Crippen LogP contribution in [0.5, 0.6) is 5.75 Å². The van der Waals surface area contributed by atoms with Crippen molar-refractivity contribution >= 4 is 17.2 Å². The van der Waals surface area contributed by atoms with Crippen LogP contribution in [0.25, 0.3) is 0 Å². The number of amides is 1. The van der Waals surface area contributed by atoms with E-state index in [0.717, 1.165) is 56.6 Å². The Bertz CT molecular complexity index is 919. The van der Waals surface area contributed by atoms with Crippen LogP contribution in [0.2, 0.25) is 0 Å². The minimum atomic E-state index is 0.137. The van der Waals surface area contributed by atoms with E-state index in [0.29, 0.717) is 19.7 Å². The van der Waals surface area contributed by atoms with Crippen molar-refractivity contribution in [2.45, 2.75) is 45.3 Å². The van der Waals surface area contributed by atoms with Gasteiger partial charge in [0.05, 0.1) is 6.54 Å². The molecule has 0 fully saturated rings. The van der Waals surface area contributed by atoms with Gasteiger partial charge in [0.1, 0.15) is 12.4 Å². The Hall–Kier alpha value is -2.11. The normalized spacial score (nSPS) is 21.8. The molecule has 0 N–H and O–H groups in total. The van der Waals surface area contributed by atoms with E-state index < -0.39 is 0 Å². The molecule has 29 heavy (non-hydrogen) atoms. The number of hydrogen-bond donors (Lipinski definition) is 0. The van der Waals surface area contributed by atoms with Crippen LogP contribution in [-0.4, -0.2) is 35.4 Å². The molecule has 0 spiro atoms. The average Bonchev–Trinajstić information content (AvgIpc) is 3.12. The van der Waals surface area contributed by atoms with Gasteiger partial charge in [0, 0.05) is 42.5 Å². The summed E-state index contributed by atoms with van der Waals surface area (Å²) in [5.74, 6) is 1.36. The summed E-state index contributed by atoms with van der Waals surface area (Å²) in [5, 5.41) is 2.21. The van der Waals surface area contributed by atoms with Gasteiger partial charge in [-0.1, -0.05) is 18.2 Å². The molecule has 5 heteroatoms. The Balaban J connectivity index is 1.29. The average molecular weight is 409 g/mol. The maximum Gasteiger partial charge on any atom is 0.226 e. The van der Waals surface area contributed by atoms with Crippen molar-refractivity contribution in [3.8, 4) is 5.75 Å². The number of nitrogens with zero attached hydrogens (tertiary/aromatic N) is 2. The minimum absolute atomic E-state index is 0.137. The van der Waals surface area contributed by atoms with Crippen LogP contribution in [0.1, 0.15) is 40.8 Å². The van der Waals surface area contributed by atoms with E-state index in [1.807, 2.05) is 16.2 Å². The van der Waals surface area contributed by atoms with Crippen molar-refractivity contribution in [3.63, 3.8) is 0 Å². The second-order valence-electron chi connectivity index (χ2n) is 8.36. The van der Waals surface area contributed by atoms with Crippen LogP contribution >= 0.6 is 11.3 Å². The van der Waals surface area contributed by atoms with Crippen molar-refractivity contribution in [3.05, 3.63) is 63.4 Å². The Kier molecular flexibility index (Phi) is 5.42. The largest absolute Gasteiger partial charge is 0.491 e. The van der Waals surface area contributed by atoms with Gasteiger partial charge >= 0.3 is 0 Å². The summed E-state index contributed by atoms with van der Waals surface area (Å²) in [6.45, 7) is 5.01. The van der Waals surface area contributed by atoms with Crippen LogP contribution in [0.3, 0.4) is 0 Å². The molecular weight excluding hydrogens is 380 g/mol. The lowest BCUT2D eigenvalue weighted by molar-refractivity contribution is -0.136. The second kappa shape index (κ2) is 8.33. The van der Waals surface area contributed by atoms with Gasteiger partial charge in [-0.05, 0) is 60.4 Å². The Morgan fingerprint density at radius 3 is 3.00 bits per heavy atom. The Morgan fingerprint density at radius 1 is 1.14 bits per heavy atom. The molecule has 0 saturated carbocycles. The number of allylic oxidation sites excluding steroid dienone is 2. The van der Waals surface area contributed by atoms with E-state index in [1.54, 1.807) is 4.88 Å². The number of carbonyl (C=O) groups is 1. The fraction of sp³-hybridized carbons (Fsp3) is 0.458. The molecule has 1 aliphatic carbocycles. The lowest BCUT2D eigenvalue weighted by Crippen LogP contribution is -2.37. The third-order valence-corrected chi connectivity index (χ3v) is 7.35. The summed E-state index contributed by atoms with van der Waals surface area (Å²) < 4.78 is 5.98. The Labute approximate surface area is 176 Å². The van der Waals surface area contributed by atoms with E-state index in [4.69, 9.17) is 4.74 Å². The van der Waals surface area contributed by atoms with Crippen molar-refractivity contribution in [2.75, 3.05) is 19.7 Å². The molecule has 1 unspecified atom stereocenters. The standard InChI is InChI=1S/C24H28N2O2S/c27-24(19-4-2-1-3-5-19)26-11-12-28-22-7-6-18(14-21(22)17-26)15-25-10-8-23-20(16-25)9-13-29-23/h1-2,6-7,9,13-14,19H,3-5,8,10-12,15-17H2. The summed E-state index contributed by atoms with van der Waals surface area (Å²) in [5.41, 5.74) is 3.94. The van der Waals surface area contributed by atoms with Gasteiger partial charge in [-0.3, -0.25) is 9.69 Å². The molecule has 0 saturated heterocycles. The first kappa shape index (κ1) is 18.9. The smallest absolute Gasteiger partial charge is 0.226 e. The maximum absolute atomic E-state index is 13.0. The number of thiophene rings is 1. The molecule has 1 atom stereocenters. The number of benzene rings is 1. The number of hydrogen-bond acceptors (Lipinski definition) is 4. The van der Waals surface area contributed by atoms with Crippen molar-refractivity contribution in [1.29, 1.82) is 0 Å². The van der Waals surface area contributed by atoms with Crippen molar-refractivity contribution in [2.24, 2.45) is 5.92 Å². The monoisotopic (exact) mass is 408 g/mol. The van der Waals surface area contributed by atoms with Crippen molar-refractivity contribution in [1.82, 2.24) is 9.80 Å². The van der Waals surface area contributed by atoms with Gasteiger partial charge < -0.3 is 9.64 Å². The zero-order valence-corrected chi connectivity index (χ0v) is 17.6. The zero-order valence-electron chi connectivity index (χ0n) is 16.8. The summed E-state index contributed by atoms with van der Waals surface area (Å²) in [4.78, 5) is 19.1. The Morgan fingerprint density at radius 2 is 2.10 bits per heavy atom. The molecule has 0 bridgehead atoms. The van der Waals surface area contributed by atoms with Gasteiger partial charge in [-0.2, -0.15) is 0 Å². The summed E-state index contributed by atoms with van der Waals surface area (Å²) in [6, 6.07) is 8.80.